The van der Waals surface area contributed by atoms with E-state index in [9.17, 15) is 22.8 Å². The average Bonchev–Trinajstić information content (AvgIpc) is 3.07. The lowest BCUT2D eigenvalue weighted by Gasteiger charge is -2.07. The number of nitrogens with one attached hydrogen (secondary N) is 1. The summed E-state index contributed by atoms with van der Waals surface area (Å²) < 4.78 is 48.2. The number of halogens is 3. The van der Waals surface area contributed by atoms with Gasteiger partial charge in [-0.15, -0.1) is 6.58 Å². The summed E-state index contributed by atoms with van der Waals surface area (Å²) in [5.41, 5.74) is -0.665. The first kappa shape index (κ1) is 18.3. The molecule has 1 heterocycles. The first-order valence-electron chi connectivity index (χ1n) is 7.13. The lowest BCUT2D eigenvalue weighted by Crippen LogP contribution is -2.28. The number of amides is 1. The van der Waals surface area contributed by atoms with E-state index >= 15 is 0 Å². The number of hydrogen-bond donors (Lipinski definition) is 1. The van der Waals surface area contributed by atoms with Crippen molar-refractivity contribution in [3.8, 4) is 11.3 Å². The Balaban J connectivity index is 2.06. The van der Waals surface area contributed by atoms with Crippen molar-refractivity contribution in [2.24, 2.45) is 0 Å². The zero-order chi connectivity index (χ0) is 18.4. The second-order valence-corrected chi connectivity index (χ2v) is 4.91. The van der Waals surface area contributed by atoms with Gasteiger partial charge in [0.05, 0.1) is 5.56 Å². The molecule has 0 unspecified atom stereocenters. The number of benzene rings is 1. The molecule has 25 heavy (non-hydrogen) atoms. The van der Waals surface area contributed by atoms with E-state index in [1.807, 2.05) is 0 Å². The van der Waals surface area contributed by atoms with Gasteiger partial charge >= 0.3 is 12.1 Å². The molecule has 0 saturated carbocycles. The quantitative estimate of drug-likeness (QED) is 0.638. The molecule has 5 nitrogen and oxygen atoms in total. The van der Waals surface area contributed by atoms with Crippen LogP contribution in [0, 0.1) is 0 Å². The highest BCUT2D eigenvalue weighted by atomic mass is 19.4. The predicted octanol–water partition coefficient (Wildman–Crippen LogP) is 3.42. The Morgan fingerprint density at radius 1 is 1.24 bits per heavy atom. The van der Waals surface area contributed by atoms with Crippen LogP contribution < -0.4 is 5.32 Å². The Bertz CT molecular complexity index is 780. The number of ether oxygens (including phenoxy) is 1. The van der Waals surface area contributed by atoms with Gasteiger partial charge in [-0.05, 0) is 24.3 Å². The van der Waals surface area contributed by atoms with Gasteiger partial charge in [-0.1, -0.05) is 18.2 Å². The summed E-state index contributed by atoms with van der Waals surface area (Å²) in [6.45, 7) is 3.15. The fraction of sp³-hybridized carbons (Fsp3) is 0.176. The maximum absolute atomic E-state index is 12.7. The fourth-order valence-corrected chi connectivity index (χ4v) is 1.89. The van der Waals surface area contributed by atoms with Crippen LogP contribution in [0.1, 0.15) is 16.1 Å². The third-order valence-electron chi connectivity index (χ3n) is 3.06. The van der Waals surface area contributed by atoms with Gasteiger partial charge in [0.15, 0.2) is 6.61 Å². The summed E-state index contributed by atoms with van der Waals surface area (Å²) in [7, 11) is 0. The minimum Gasteiger partial charge on any atom is -0.450 e. The smallest absolute Gasteiger partial charge is 0.416 e. The van der Waals surface area contributed by atoms with Crippen molar-refractivity contribution < 1.29 is 31.9 Å². The van der Waals surface area contributed by atoms with E-state index in [0.29, 0.717) is 0 Å². The van der Waals surface area contributed by atoms with Crippen LogP contribution in [-0.4, -0.2) is 25.0 Å². The summed E-state index contributed by atoms with van der Waals surface area (Å²) in [5.74, 6) is -1.55. The van der Waals surface area contributed by atoms with E-state index in [4.69, 9.17) is 9.15 Å². The zero-order valence-electron chi connectivity index (χ0n) is 12.9. The molecule has 0 aliphatic heterocycles. The molecule has 0 saturated heterocycles. The molecule has 2 aromatic rings. The molecule has 0 fully saturated rings. The van der Waals surface area contributed by atoms with Gasteiger partial charge in [0, 0.05) is 12.1 Å². The van der Waals surface area contributed by atoms with Crippen LogP contribution in [-0.2, 0) is 15.7 Å². The molecule has 1 amide bonds. The van der Waals surface area contributed by atoms with E-state index in [-0.39, 0.29) is 23.6 Å². The van der Waals surface area contributed by atoms with Crippen molar-refractivity contribution in [3.63, 3.8) is 0 Å². The number of esters is 1. The van der Waals surface area contributed by atoms with Crippen molar-refractivity contribution in [3.05, 3.63) is 60.4 Å². The molecule has 0 spiro atoms. The van der Waals surface area contributed by atoms with Crippen LogP contribution in [0.2, 0.25) is 0 Å². The van der Waals surface area contributed by atoms with Crippen molar-refractivity contribution in [2.45, 2.75) is 6.18 Å². The normalized spacial score (nSPS) is 11.0. The van der Waals surface area contributed by atoms with Gasteiger partial charge in [0.2, 0.25) is 5.76 Å². The summed E-state index contributed by atoms with van der Waals surface area (Å²) in [6, 6.07) is 7.12. The van der Waals surface area contributed by atoms with Crippen molar-refractivity contribution in [1.29, 1.82) is 0 Å². The molecular formula is C17H14F3NO4. The highest BCUT2D eigenvalue weighted by Crippen LogP contribution is 2.32. The van der Waals surface area contributed by atoms with Crippen molar-refractivity contribution in [2.75, 3.05) is 13.2 Å². The third kappa shape index (κ3) is 4.97. The maximum atomic E-state index is 12.7. The molecule has 0 bridgehead atoms. The molecule has 0 aliphatic carbocycles. The molecule has 0 atom stereocenters. The van der Waals surface area contributed by atoms with Crippen molar-refractivity contribution in [1.82, 2.24) is 5.32 Å². The molecule has 8 heteroatoms. The van der Waals surface area contributed by atoms with E-state index in [2.05, 4.69) is 11.9 Å². The Morgan fingerprint density at radius 3 is 2.68 bits per heavy atom. The average molecular weight is 353 g/mol. The van der Waals surface area contributed by atoms with Gasteiger partial charge in [0.25, 0.3) is 5.91 Å². The van der Waals surface area contributed by atoms with E-state index < -0.39 is 30.2 Å². The Hall–Kier alpha value is -3.03. The van der Waals surface area contributed by atoms with Crippen LogP contribution in [0.5, 0.6) is 0 Å². The monoisotopic (exact) mass is 353 g/mol. The van der Waals surface area contributed by atoms with Crippen LogP contribution >= 0.6 is 0 Å². The second kappa shape index (κ2) is 7.69. The second-order valence-electron chi connectivity index (χ2n) is 4.91. The largest absolute Gasteiger partial charge is 0.450 e. The first-order chi connectivity index (χ1) is 11.8. The third-order valence-corrected chi connectivity index (χ3v) is 3.06. The molecule has 2 rings (SSSR count). The summed E-state index contributed by atoms with van der Waals surface area (Å²) in [4.78, 5) is 23.1. The summed E-state index contributed by atoms with van der Waals surface area (Å²) in [6.07, 6.45) is -3.02. The number of hydrogen-bond acceptors (Lipinski definition) is 4. The minimum atomic E-state index is -4.48. The van der Waals surface area contributed by atoms with Gasteiger partial charge in [-0.3, -0.25) is 4.79 Å². The zero-order valence-corrected chi connectivity index (χ0v) is 12.9. The number of furan rings is 1. The van der Waals surface area contributed by atoms with E-state index in [1.54, 1.807) is 0 Å². The lowest BCUT2D eigenvalue weighted by atomic mass is 10.1. The first-order valence-corrected chi connectivity index (χ1v) is 7.13. The van der Waals surface area contributed by atoms with Crippen LogP contribution in [0.25, 0.3) is 11.3 Å². The number of alkyl halides is 3. The van der Waals surface area contributed by atoms with Gasteiger partial charge in [-0.2, -0.15) is 13.2 Å². The Morgan fingerprint density at radius 2 is 2.00 bits per heavy atom. The molecule has 1 N–H and O–H groups in total. The van der Waals surface area contributed by atoms with Crippen LogP contribution in [0.4, 0.5) is 13.2 Å². The number of rotatable bonds is 6. The van der Waals surface area contributed by atoms with Crippen LogP contribution in [0.15, 0.2) is 53.5 Å². The molecule has 1 aromatic carbocycles. The molecule has 1 aromatic heterocycles. The summed E-state index contributed by atoms with van der Waals surface area (Å²) in [5, 5.41) is 2.42. The number of carbonyl (C=O) groups is 2. The topological polar surface area (TPSA) is 68.5 Å². The van der Waals surface area contributed by atoms with Gasteiger partial charge in [-0.25, -0.2) is 4.79 Å². The van der Waals surface area contributed by atoms with E-state index in [1.165, 1.54) is 30.3 Å². The standard InChI is InChI=1S/C17H14F3NO4/c1-2-8-21-15(22)10-24-16(23)14-7-6-13(25-14)11-4-3-5-12(9-11)17(18,19)20/h2-7,9H,1,8,10H2,(H,21,22). The fourth-order valence-electron chi connectivity index (χ4n) is 1.89. The maximum Gasteiger partial charge on any atom is 0.416 e. The molecular weight excluding hydrogens is 339 g/mol. The lowest BCUT2D eigenvalue weighted by molar-refractivity contribution is -0.137. The summed E-state index contributed by atoms with van der Waals surface area (Å²) >= 11 is 0. The minimum absolute atomic E-state index is 0.0779. The molecule has 132 valence electrons. The van der Waals surface area contributed by atoms with Gasteiger partial charge in [0.1, 0.15) is 5.76 Å². The van der Waals surface area contributed by atoms with Gasteiger partial charge < -0.3 is 14.5 Å². The molecule has 0 radical (unpaired) electrons. The predicted molar refractivity (Wildman–Crippen MR) is 82.6 cm³/mol. The van der Waals surface area contributed by atoms with E-state index in [0.717, 1.165) is 12.1 Å². The Labute approximate surface area is 141 Å². The van der Waals surface area contributed by atoms with Crippen molar-refractivity contribution >= 4 is 11.9 Å². The highest BCUT2D eigenvalue weighted by molar-refractivity contribution is 5.89. The molecule has 0 aliphatic rings. The SMILES string of the molecule is C=CCNC(=O)COC(=O)c1ccc(-c2cccc(C(F)(F)F)c2)o1. The van der Waals surface area contributed by atoms with Crippen LogP contribution in [0.3, 0.4) is 0 Å². The Kier molecular flexibility index (Phi) is 5.63. The number of carbonyl (C=O) groups excluding carboxylic acids is 2. The highest BCUT2D eigenvalue weighted by Gasteiger charge is 2.30.